The van der Waals surface area contributed by atoms with Gasteiger partial charge in [-0.15, -0.1) is 0 Å². The fourth-order valence-corrected chi connectivity index (χ4v) is 1.89. The molecule has 1 heterocycles. The molecule has 1 aromatic carbocycles. The zero-order chi connectivity index (χ0) is 10.7. The Morgan fingerprint density at radius 3 is 2.73 bits per heavy atom. The number of nitrogen functional groups attached to an aromatic ring is 1. The Kier molecular flexibility index (Phi) is 3.46. The summed E-state index contributed by atoms with van der Waals surface area (Å²) in [5.41, 5.74) is 7.81. The predicted octanol–water partition coefficient (Wildman–Crippen LogP) is 1.75. The second-order valence-electron chi connectivity index (χ2n) is 3.73. The highest BCUT2D eigenvalue weighted by Gasteiger charge is 2.11. The number of nitrogens with two attached hydrogens (primary N) is 1. The van der Waals surface area contributed by atoms with Crippen molar-refractivity contribution >= 4 is 17.3 Å². The SMILES string of the molecule is Nc1cc(Cl)ccc1CN1CCOCC1. The molecule has 0 unspecified atom stereocenters. The Morgan fingerprint density at radius 1 is 1.33 bits per heavy atom. The summed E-state index contributed by atoms with van der Waals surface area (Å²) in [6, 6.07) is 5.68. The van der Waals surface area contributed by atoms with Gasteiger partial charge in [0.25, 0.3) is 0 Å². The fraction of sp³-hybridized carbons (Fsp3) is 0.455. The van der Waals surface area contributed by atoms with Crippen LogP contribution in [-0.4, -0.2) is 31.2 Å². The van der Waals surface area contributed by atoms with Crippen LogP contribution in [0.3, 0.4) is 0 Å². The predicted molar refractivity (Wildman–Crippen MR) is 62.0 cm³/mol. The molecule has 0 aromatic heterocycles. The molecule has 1 saturated heterocycles. The van der Waals surface area contributed by atoms with Crippen molar-refractivity contribution in [2.45, 2.75) is 6.54 Å². The van der Waals surface area contributed by atoms with E-state index < -0.39 is 0 Å². The second kappa shape index (κ2) is 4.84. The number of ether oxygens (including phenoxy) is 1. The minimum Gasteiger partial charge on any atom is -0.398 e. The van der Waals surface area contributed by atoms with Gasteiger partial charge in [0.1, 0.15) is 0 Å². The van der Waals surface area contributed by atoms with E-state index in [-0.39, 0.29) is 0 Å². The summed E-state index contributed by atoms with van der Waals surface area (Å²) in [6.45, 7) is 4.46. The summed E-state index contributed by atoms with van der Waals surface area (Å²) in [4.78, 5) is 2.34. The van der Waals surface area contributed by atoms with Gasteiger partial charge >= 0.3 is 0 Å². The zero-order valence-corrected chi connectivity index (χ0v) is 9.33. The van der Waals surface area contributed by atoms with Crippen molar-refractivity contribution < 1.29 is 4.74 Å². The molecule has 2 N–H and O–H groups in total. The van der Waals surface area contributed by atoms with Crippen LogP contribution in [0.2, 0.25) is 5.02 Å². The summed E-state index contributed by atoms with van der Waals surface area (Å²) >= 11 is 5.85. The van der Waals surface area contributed by atoms with Gasteiger partial charge in [0.2, 0.25) is 0 Å². The standard InChI is InChI=1S/C11H15ClN2O/c12-10-2-1-9(11(13)7-10)8-14-3-5-15-6-4-14/h1-2,7H,3-6,8,13H2. The minimum absolute atomic E-state index is 0.693. The number of rotatable bonds is 2. The summed E-state index contributed by atoms with van der Waals surface area (Å²) in [5, 5.41) is 0.693. The van der Waals surface area contributed by atoms with Crippen molar-refractivity contribution in [3.8, 4) is 0 Å². The van der Waals surface area contributed by atoms with E-state index in [4.69, 9.17) is 22.1 Å². The summed E-state index contributed by atoms with van der Waals surface area (Å²) < 4.78 is 5.29. The second-order valence-corrected chi connectivity index (χ2v) is 4.17. The lowest BCUT2D eigenvalue weighted by atomic mass is 10.1. The molecule has 0 amide bonds. The molecule has 1 aliphatic heterocycles. The highest BCUT2D eigenvalue weighted by molar-refractivity contribution is 6.30. The molecule has 0 aliphatic carbocycles. The Balaban J connectivity index is 2.03. The Labute approximate surface area is 94.8 Å². The molecule has 15 heavy (non-hydrogen) atoms. The fourth-order valence-electron chi connectivity index (χ4n) is 1.71. The van der Waals surface area contributed by atoms with Crippen LogP contribution in [0, 0.1) is 0 Å². The molecule has 0 radical (unpaired) electrons. The number of benzene rings is 1. The van der Waals surface area contributed by atoms with Crippen LogP contribution in [0.1, 0.15) is 5.56 Å². The monoisotopic (exact) mass is 226 g/mol. The molecule has 0 atom stereocenters. The number of halogens is 1. The van der Waals surface area contributed by atoms with E-state index in [2.05, 4.69) is 4.90 Å². The lowest BCUT2D eigenvalue weighted by Gasteiger charge is -2.27. The first-order valence-electron chi connectivity index (χ1n) is 5.10. The lowest BCUT2D eigenvalue weighted by molar-refractivity contribution is 0.0343. The van der Waals surface area contributed by atoms with Crippen LogP contribution in [0.25, 0.3) is 0 Å². The highest BCUT2D eigenvalue weighted by atomic mass is 35.5. The van der Waals surface area contributed by atoms with E-state index in [9.17, 15) is 0 Å². The smallest absolute Gasteiger partial charge is 0.0594 e. The third-order valence-corrected chi connectivity index (χ3v) is 2.84. The van der Waals surface area contributed by atoms with Gasteiger partial charge in [0.05, 0.1) is 13.2 Å². The van der Waals surface area contributed by atoms with Gasteiger partial charge in [-0.1, -0.05) is 17.7 Å². The molecule has 82 valence electrons. The largest absolute Gasteiger partial charge is 0.398 e. The summed E-state index contributed by atoms with van der Waals surface area (Å²) in [5.74, 6) is 0. The van der Waals surface area contributed by atoms with Gasteiger partial charge in [-0.05, 0) is 17.7 Å². The molecule has 2 rings (SSSR count). The van der Waals surface area contributed by atoms with Crippen molar-refractivity contribution in [3.05, 3.63) is 28.8 Å². The Bertz CT molecular complexity index is 337. The molecule has 3 nitrogen and oxygen atoms in total. The van der Waals surface area contributed by atoms with E-state index in [0.29, 0.717) is 5.02 Å². The molecule has 0 spiro atoms. The molecular formula is C11H15ClN2O. The minimum atomic E-state index is 0.693. The van der Waals surface area contributed by atoms with Gasteiger partial charge in [0, 0.05) is 30.3 Å². The van der Waals surface area contributed by atoms with E-state index in [1.807, 2.05) is 12.1 Å². The van der Waals surface area contributed by atoms with Crippen LogP contribution in [0.5, 0.6) is 0 Å². The van der Waals surface area contributed by atoms with Gasteiger partial charge in [0.15, 0.2) is 0 Å². The van der Waals surface area contributed by atoms with Crippen molar-refractivity contribution in [1.82, 2.24) is 4.90 Å². The third kappa shape index (κ3) is 2.84. The lowest BCUT2D eigenvalue weighted by Crippen LogP contribution is -2.35. The Hall–Kier alpha value is -0.770. The molecule has 1 fully saturated rings. The maximum Gasteiger partial charge on any atom is 0.0594 e. The Morgan fingerprint density at radius 2 is 2.07 bits per heavy atom. The normalized spacial score (nSPS) is 17.9. The van der Waals surface area contributed by atoms with Crippen LogP contribution in [0.15, 0.2) is 18.2 Å². The first kappa shape index (κ1) is 10.7. The summed E-state index contributed by atoms with van der Waals surface area (Å²) in [7, 11) is 0. The van der Waals surface area contributed by atoms with E-state index in [0.717, 1.165) is 44.1 Å². The van der Waals surface area contributed by atoms with E-state index >= 15 is 0 Å². The number of anilines is 1. The van der Waals surface area contributed by atoms with Crippen molar-refractivity contribution in [3.63, 3.8) is 0 Å². The number of hydrogen-bond acceptors (Lipinski definition) is 3. The molecule has 1 aromatic rings. The van der Waals surface area contributed by atoms with Crippen molar-refractivity contribution in [1.29, 1.82) is 0 Å². The van der Waals surface area contributed by atoms with Crippen LogP contribution < -0.4 is 5.73 Å². The van der Waals surface area contributed by atoms with E-state index in [1.54, 1.807) is 6.07 Å². The maximum atomic E-state index is 5.90. The number of hydrogen-bond donors (Lipinski definition) is 1. The van der Waals surface area contributed by atoms with Gasteiger partial charge in [-0.2, -0.15) is 0 Å². The average molecular weight is 227 g/mol. The summed E-state index contributed by atoms with van der Waals surface area (Å²) in [6.07, 6.45) is 0. The first-order chi connectivity index (χ1) is 7.25. The van der Waals surface area contributed by atoms with Crippen molar-refractivity contribution in [2.75, 3.05) is 32.0 Å². The van der Waals surface area contributed by atoms with Gasteiger partial charge in [-0.25, -0.2) is 0 Å². The molecule has 1 aliphatic rings. The number of morpholine rings is 1. The maximum absolute atomic E-state index is 5.90. The van der Waals surface area contributed by atoms with Crippen molar-refractivity contribution in [2.24, 2.45) is 0 Å². The van der Waals surface area contributed by atoms with Crippen LogP contribution in [0.4, 0.5) is 5.69 Å². The van der Waals surface area contributed by atoms with Gasteiger partial charge < -0.3 is 10.5 Å². The zero-order valence-electron chi connectivity index (χ0n) is 8.58. The van der Waals surface area contributed by atoms with Crippen LogP contribution >= 0.6 is 11.6 Å². The average Bonchev–Trinajstić information content (AvgIpc) is 2.24. The molecule has 0 bridgehead atoms. The highest BCUT2D eigenvalue weighted by Crippen LogP contribution is 2.19. The molecule has 0 saturated carbocycles. The quantitative estimate of drug-likeness (QED) is 0.781. The first-order valence-corrected chi connectivity index (χ1v) is 5.47. The number of nitrogens with zero attached hydrogens (tertiary/aromatic N) is 1. The van der Waals surface area contributed by atoms with Gasteiger partial charge in [-0.3, -0.25) is 4.90 Å². The topological polar surface area (TPSA) is 38.5 Å². The molecule has 4 heteroatoms. The molecular weight excluding hydrogens is 212 g/mol. The van der Waals surface area contributed by atoms with E-state index in [1.165, 1.54) is 0 Å². The van der Waals surface area contributed by atoms with Crippen LogP contribution in [-0.2, 0) is 11.3 Å². The third-order valence-electron chi connectivity index (χ3n) is 2.61.